The maximum atomic E-state index is 12.1. The van der Waals surface area contributed by atoms with Gasteiger partial charge in [0.2, 0.25) is 0 Å². The fraction of sp³-hybridized carbons (Fsp3) is 0.529. The number of hydrogen-bond acceptors (Lipinski definition) is 3. The first-order valence-corrected chi connectivity index (χ1v) is 10.2. The smallest absolute Gasteiger partial charge is 0.251 e. The van der Waals surface area contributed by atoms with Crippen LogP contribution in [0, 0.1) is 0 Å². The minimum absolute atomic E-state index is 0. The van der Waals surface area contributed by atoms with Gasteiger partial charge in [0.05, 0.1) is 6.54 Å². The molecule has 1 aliphatic rings. The lowest BCUT2D eigenvalue weighted by Crippen LogP contribution is -2.41. The van der Waals surface area contributed by atoms with Crippen LogP contribution in [-0.4, -0.2) is 49.0 Å². The van der Waals surface area contributed by atoms with Gasteiger partial charge in [-0.25, -0.2) is 0 Å². The molecule has 1 atom stereocenters. The van der Waals surface area contributed by atoms with Crippen molar-refractivity contribution in [3.05, 3.63) is 34.3 Å². The molecule has 0 spiro atoms. The van der Waals surface area contributed by atoms with Gasteiger partial charge in [0.25, 0.3) is 5.91 Å². The summed E-state index contributed by atoms with van der Waals surface area (Å²) >= 11 is 5.39. The number of halogens is 2. The Labute approximate surface area is 179 Å². The molecule has 140 valence electrons. The second-order valence-electron chi connectivity index (χ2n) is 5.55. The third-order valence-electron chi connectivity index (χ3n) is 3.61. The monoisotopic (exact) mass is 540 g/mol. The van der Waals surface area contributed by atoms with E-state index in [1.165, 1.54) is 18.6 Å². The van der Waals surface area contributed by atoms with Crippen LogP contribution in [-0.2, 0) is 0 Å². The fourth-order valence-corrected chi connectivity index (χ4v) is 3.99. The highest BCUT2D eigenvalue weighted by Crippen LogP contribution is 2.25. The van der Waals surface area contributed by atoms with E-state index in [1.54, 1.807) is 6.07 Å². The zero-order chi connectivity index (χ0) is 17.2. The molecule has 5 nitrogen and oxygen atoms in total. The SMILES string of the molecule is CCNC(=NCC1CCCS1)NCCNC(=O)c1cccc(Br)c1.I. The van der Waals surface area contributed by atoms with Crippen LogP contribution in [0.2, 0.25) is 0 Å². The lowest BCUT2D eigenvalue weighted by Gasteiger charge is -2.13. The minimum Gasteiger partial charge on any atom is -0.357 e. The van der Waals surface area contributed by atoms with Gasteiger partial charge in [-0.1, -0.05) is 22.0 Å². The van der Waals surface area contributed by atoms with Crippen molar-refractivity contribution in [3.8, 4) is 0 Å². The molecule has 1 unspecified atom stereocenters. The van der Waals surface area contributed by atoms with Crippen LogP contribution in [0.25, 0.3) is 0 Å². The Hall–Kier alpha value is -0.480. The number of benzene rings is 1. The lowest BCUT2D eigenvalue weighted by atomic mass is 10.2. The van der Waals surface area contributed by atoms with Crippen molar-refractivity contribution in [2.45, 2.75) is 25.0 Å². The molecule has 0 bridgehead atoms. The second-order valence-corrected chi connectivity index (χ2v) is 7.87. The molecule has 1 aromatic rings. The van der Waals surface area contributed by atoms with Gasteiger partial charge in [-0.15, -0.1) is 24.0 Å². The van der Waals surface area contributed by atoms with Crippen LogP contribution >= 0.6 is 51.7 Å². The van der Waals surface area contributed by atoms with E-state index in [0.717, 1.165) is 23.5 Å². The van der Waals surface area contributed by atoms with Crippen molar-refractivity contribution < 1.29 is 4.79 Å². The van der Waals surface area contributed by atoms with Crippen LogP contribution in [0.1, 0.15) is 30.1 Å². The molecule has 1 saturated heterocycles. The molecule has 1 amide bonds. The fourth-order valence-electron chi connectivity index (χ4n) is 2.41. The molecule has 2 rings (SSSR count). The van der Waals surface area contributed by atoms with E-state index >= 15 is 0 Å². The average molecular weight is 541 g/mol. The molecule has 3 N–H and O–H groups in total. The molecule has 1 aromatic carbocycles. The summed E-state index contributed by atoms with van der Waals surface area (Å²) in [5.74, 6) is 2.01. The summed E-state index contributed by atoms with van der Waals surface area (Å²) < 4.78 is 0.902. The number of nitrogens with one attached hydrogen (secondary N) is 3. The van der Waals surface area contributed by atoms with E-state index in [4.69, 9.17) is 0 Å². The summed E-state index contributed by atoms with van der Waals surface area (Å²) in [5.41, 5.74) is 0.656. The highest BCUT2D eigenvalue weighted by molar-refractivity contribution is 14.0. The van der Waals surface area contributed by atoms with E-state index in [1.807, 2.05) is 30.0 Å². The number of nitrogens with zero attached hydrogens (tertiary/aromatic N) is 1. The number of hydrogen-bond donors (Lipinski definition) is 3. The number of carbonyl (C=O) groups is 1. The van der Waals surface area contributed by atoms with Crippen molar-refractivity contribution >= 4 is 63.5 Å². The predicted octanol–water partition coefficient (Wildman–Crippen LogP) is 3.25. The summed E-state index contributed by atoms with van der Waals surface area (Å²) in [4.78, 5) is 16.7. The van der Waals surface area contributed by atoms with Gasteiger partial charge in [-0.2, -0.15) is 11.8 Å². The number of rotatable bonds is 7. The first-order chi connectivity index (χ1) is 11.7. The Morgan fingerprint density at radius 2 is 2.12 bits per heavy atom. The number of carbonyl (C=O) groups excluding carboxylic acids is 1. The summed E-state index contributed by atoms with van der Waals surface area (Å²) in [7, 11) is 0. The standard InChI is InChI=1S/C17H25BrN4OS.HI/c1-2-19-17(22-12-15-7-4-10-24-15)21-9-8-20-16(23)13-5-3-6-14(18)11-13;/h3,5-6,11,15H,2,4,7-10,12H2,1H3,(H,20,23)(H2,19,21,22);1H. The van der Waals surface area contributed by atoms with Gasteiger partial charge in [-0.05, 0) is 43.7 Å². The number of guanidine groups is 1. The minimum atomic E-state index is -0.0672. The number of aliphatic imine (C=N–C) groups is 1. The van der Waals surface area contributed by atoms with Crippen LogP contribution in [0.4, 0.5) is 0 Å². The zero-order valence-electron chi connectivity index (χ0n) is 14.4. The summed E-state index contributed by atoms with van der Waals surface area (Å²) in [6.07, 6.45) is 2.56. The number of amides is 1. The number of thioether (sulfide) groups is 1. The molecule has 1 fully saturated rings. The Kier molecular flexibility index (Phi) is 11.6. The summed E-state index contributed by atoms with van der Waals surface area (Å²) in [6.45, 7) is 4.92. The van der Waals surface area contributed by atoms with Gasteiger partial charge in [-0.3, -0.25) is 9.79 Å². The van der Waals surface area contributed by atoms with E-state index in [0.29, 0.717) is 23.9 Å². The molecule has 0 aliphatic carbocycles. The topological polar surface area (TPSA) is 65.5 Å². The van der Waals surface area contributed by atoms with Gasteiger partial charge in [0.15, 0.2) is 5.96 Å². The van der Waals surface area contributed by atoms with Gasteiger partial charge in [0, 0.05) is 34.9 Å². The van der Waals surface area contributed by atoms with E-state index < -0.39 is 0 Å². The van der Waals surface area contributed by atoms with Crippen LogP contribution in [0.15, 0.2) is 33.7 Å². The summed E-state index contributed by atoms with van der Waals surface area (Å²) in [5, 5.41) is 10.1. The summed E-state index contributed by atoms with van der Waals surface area (Å²) in [6, 6.07) is 7.38. The van der Waals surface area contributed by atoms with Crippen molar-refractivity contribution in [3.63, 3.8) is 0 Å². The third-order valence-corrected chi connectivity index (χ3v) is 5.48. The lowest BCUT2D eigenvalue weighted by molar-refractivity contribution is 0.0954. The first kappa shape index (κ1) is 22.6. The van der Waals surface area contributed by atoms with Gasteiger partial charge in [0.1, 0.15) is 0 Å². The quantitative estimate of drug-likeness (QED) is 0.215. The van der Waals surface area contributed by atoms with Gasteiger partial charge < -0.3 is 16.0 Å². The molecule has 1 aliphatic heterocycles. The third kappa shape index (κ3) is 8.63. The first-order valence-electron chi connectivity index (χ1n) is 8.36. The van der Waals surface area contributed by atoms with Crippen molar-refractivity contribution in [1.29, 1.82) is 0 Å². The molecule has 25 heavy (non-hydrogen) atoms. The highest BCUT2D eigenvalue weighted by Gasteiger charge is 2.14. The second kappa shape index (κ2) is 12.8. The highest BCUT2D eigenvalue weighted by atomic mass is 127. The molecule has 0 aromatic heterocycles. The van der Waals surface area contributed by atoms with Gasteiger partial charge >= 0.3 is 0 Å². The van der Waals surface area contributed by atoms with E-state index in [-0.39, 0.29) is 29.9 Å². The molecule has 0 saturated carbocycles. The molecule has 8 heteroatoms. The van der Waals surface area contributed by atoms with E-state index in [9.17, 15) is 4.79 Å². The normalized spacial score (nSPS) is 16.9. The Balaban J connectivity index is 0.00000312. The van der Waals surface area contributed by atoms with E-state index in [2.05, 4.69) is 43.8 Å². The maximum absolute atomic E-state index is 12.1. The maximum Gasteiger partial charge on any atom is 0.251 e. The van der Waals surface area contributed by atoms with Crippen LogP contribution in [0.5, 0.6) is 0 Å². The Bertz CT molecular complexity index is 567. The van der Waals surface area contributed by atoms with Crippen LogP contribution in [0.3, 0.4) is 0 Å². The Morgan fingerprint density at radius 1 is 1.32 bits per heavy atom. The molecule has 0 radical (unpaired) electrons. The average Bonchev–Trinajstić information content (AvgIpc) is 3.09. The molecular weight excluding hydrogens is 515 g/mol. The predicted molar refractivity (Wildman–Crippen MR) is 121 cm³/mol. The largest absolute Gasteiger partial charge is 0.357 e. The Morgan fingerprint density at radius 3 is 2.80 bits per heavy atom. The van der Waals surface area contributed by atoms with Crippen molar-refractivity contribution in [1.82, 2.24) is 16.0 Å². The molecular formula is C17H26BrIN4OS. The van der Waals surface area contributed by atoms with Crippen molar-refractivity contribution in [2.24, 2.45) is 4.99 Å². The van der Waals surface area contributed by atoms with Crippen LogP contribution < -0.4 is 16.0 Å². The zero-order valence-corrected chi connectivity index (χ0v) is 19.1. The molecule has 1 heterocycles. The van der Waals surface area contributed by atoms with Crippen molar-refractivity contribution in [2.75, 3.05) is 31.9 Å².